The van der Waals surface area contributed by atoms with Gasteiger partial charge < -0.3 is 10.5 Å². The van der Waals surface area contributed by atoms with Crippen LogP contribution in [-0.4, -0.2) is 34.8 Å². The van der Waals surface area contributed by atoms with Crippen LogP contribution in [0.25, 0.3) is 22.9 Å². The second kappa shape index (κ2) is 7.59. The van der Waals surface area contributed by atoms with E-state index in [2.05, 4.69) is 39.5 Å². The van der Waals surface area contributed by atoms with Crippen molar-refractivity contribution in [2.45, 2.75) is 19.8 Å². The van der Waals surface area contributed by atoms with Crippen molar-refractivity contribution in [3.63, 3.8) is 0 Å². The molecule has 1 aliphatic carbocycles. The summed E-state index contributed by atoms with van der Waals surface area (Å²) < 4.78 is 4.04. The van der Waals surface area contributed by atoms with Gasteiger partial charge in [-0.3, -0.25) is 14.0 Å². The van der Waals surface area contributed by atoms with Gasteiger partial charge in [0.25, 0.3) is 0 Å². The molecule has 0 amide bonds. The summed E-state index contributed by atoms with van der Waals surface area (Å²) in [6.45, 7) is 2.05. The molecule has 0 bridgehead atoms. The minimum absolute atomic E-state index is 0.738. The van der Waals surface area contributed by atoms with Crippen molar-refractivity contribution in [1.82, 2.24) is 23.9 Å². The minimum Gasteiger partial charge on any atom is -0.411 e. The highest BCUT2D eigenvalue weighted by Crippen LogP contribution is 2.34. The average Bonchev–Trinajstić information content (AvgIpc) is 3.56. The summed E-state index contributed by atoms with van der Waals surface area (Å²) >= 11 is 0. The number of hydrogen-bond acceptors (Lipinski definition) is 6. The third kappa shape index (κ3) is 3.23. The van der Waals surface area contributed by atoms with Gasteiger partial charge in [0.05, 0.1) is 17.6 Å². The number of nitrogens with one attached hydrogen (secondary N) is 1. The molecule has 4 aromatic heterocycles. The van der Waals surface area contributed by atoms with Gasteiger partial charge in [0, 0.05) is 36.0 Å². The molecule has 0 saturated carbocycles. The second-order valence-corrected chi connectivity index (χ2v) is 8.11. The van der Waals surface area contributed by atoms with Crippen LogP contribution < -0.4 is 5.32 Å². The summed E-state index contributed by atoms with van der Waals surface area (Å²) in [6, 6.07) is 14.2. The van der Waals surface area contributed by atoms with Crippen molar-refractivity contribution in [2.75, 3.05) is 5.32 Å². The van der Waals surface area contributed by atoms with Crippen LogP contribution in [0.3, 0.4) is 0 Å². The number of imidazole rings is 1. The molecule has 0 aliphatic heterocycles. The molecule has 0 unspecified atom stereocenters. The molecule has 8 nitrogen and oxygen atoms in total. The maximum Gasteiger partial charge on any atom is 0.157 e. The zero-order chi connectivity index (χ0) is 22.4. The van der Waals surface area contributed by atoms with E-state index < -0.39 is 0 Å². The molecule has 33 heavy (non-hydrogen) atoms. The van der Waals surface area contributed by atoms with Gasteiger partial charge in [0.1, 0.15) is 17.3 Å². The minimum atomic E-state index is 0.738. The summed E-state index contributed by atoms with van der Waals surface area (Å²) in [7, 11) is 0. The van der Waals surface area contributed by atoms with Crippen LogP contribution in [0, 0.1) is 6.92 Å². The summed E-state index contributed by atoms with van der Waals surface area (Å²) in [5, 5.41) is 16.2. The molecule has 0 atom stereocenters. The topological polar surface area (TPSA) is 92.6 Å². The number of pyridine rings is 1. The van der Waals surface area contributed by atoms with Gasteiger partial charge in [-0.05, 0) is 67.3 Å². The van der Waals surface area contributed by atoms with E-state index in [9.17, 15) is 5.21 Å². The molecule has 2 N–H and O–H groups in total. The number of fused-ring (bicyclic) bond motifs is 2. The third-order valence-electron chi connectivity index (χ3n) is 6.00. The van der Waals surface area contributed by atoms with Crippen molar-refractivity contribution in [3.05, 3.63) is 90.1 Å². The number of hydrogen-bond donors (Lipinski definition) is 2. The van der Waals surface area contributed by atoms with Gasteiger partial charge >= 0.3 is 0 Å². The molecule has 4 heterocycles. The molecule has 0 fully saturated rings. The predicted molar refractivity (Wildman–Crippen MR) is 127 cm³/mol. The number of nitrogens with zero attached hydrogens (tertiary/aromatic N) is 6. The van der Waals surface area contributed by atoms with Gasteiger partial charge in [-0.15, -0.1) is 0 Å². The number of aryl methyl sites for hydroxylation is 2. The highest BCUT2D eigenvalue weighted by molar-refractivity contribution is 6.04. The summed E-state index contributed by atoms with van der Waals surface area (Å²) in [4.78, 5) is 13.7. The van der Waals surface area contributed by atoms with Crippen LogP contribution in [0.1, 0.15) is 23.1 Å². The van der Waals surface area contributed by atoms with Crippen LogP contribution in [0.4, 0.5) is 11.5 Å². The zero-order valence-corrected chi connectivity index (χ0v) is 18.0. The fourth-order valence-electron chi connectivity index (χ4n) is 4.42. The van der Waals surface area contributed by atoms with Crippen LogP contribution in [0.5, 0.6) is 0 Å². The SMILES string of the molecule is Cc1ccnc(-n2cccc2-c2nc3cnccn3c2Nc2ccc3c(c2)CCC3=NO)c1. The lowest BCUT2D eigenvalue weighted by Crippen LogP contribution is -2.02. The molecule has 1 aliphatic rings. The van der Waals surface area contributed by atoms with Crippen LogP contribution >= 0.6 is 0 Å². The monoisotopic (exact) mass is 435 g/mol. The van der Waals surface area contributed by atoms with Gasteiger partial charge in [-0.25, -0.2) is 9.97 Å². The Balaban J connectivity index is 1.48. The number of aromatic nitrogens is 5. The summed E-state index contributed by atoms with van der Waals surface area (Å²) in [5.41, 5.74) is 7.46. The smallest absolute Gasteiger partial charge is 0.157 e. The fourth-order valence-corrected chi connectivity index (χ4v) is 4.42. The maximum atomic E-state index is 9.23. The molecular weight excluding hydrogens is 414 g/mol. The first-order chi connectivity index (χ1) is 16.2. The van der Waals surface area contributed by atoms with E-state index >= 15 is 0 Å². The van der Waals surface area contributed by atoms with E-state index in [0.717, 1.165) is 69.6 Å². The normalized spacial score (nSPS) is 14.2. The Morgan fingerprint density at radius 2 is 2.00 bits per heavy atom. The first kappa shape index (κ1) is 19.2. The van der Waals surface area contributed by atoms with E-state index in [1.54, 1.807) is 12.4 Å². The highest BCUT2D eigenvalue weighted by atomic mass is 16.4. The van der Waals surface area contributed by atoms with Crippen LogP contribution in [0.15, 0.2) is 78.6 Å². The van der Waals surface area contributed by atoms with E-state index in [1.165, 1.54) is 0 Å². The molecular formula is C25H21N7O. The zero-order valence-electron chi connectivity index (χ0n) is 18.0. The van der Waals surface area contributed by atoms with Gasteiger partial charge in [-0.2, -0.15) is 0 Å². The second-order valence-electron chi connectivity index (χ2n) is 8.11. The van der Waals surface area contributed by atoms with Crippen molar-refractivity contribution < 1.29 is 5.21 Å². The lowest BCUT2D eigenvalue weighted by Gasteiger charge is -2.12. The number of oxime groups is 1. The molecule has 8 heteroatoms. The Labute approximate surface area is 189 Å². The third-order valence-corrected chi connectivity index (χ3v) is 6.00. The van der Waals surface area contributed by atoms with Gasteiger partial charge in [0.2, 0.25) is 0 Å². The standard InChI is InChI=1S/C25H21N7O/c1-16-8-9-27-22(13-16)31-11-2-3-21(31)24-25(32-12-10-26-15-23(32)29-24)28-18-5-6-19-17(14-18)4-7-20(19)30-33/h2-3,5-6,8-15,28,33H,4,7H2,1H3. The average molecular weight is 435 g/mol. The van der Waals surface area contributed by atoms with Crippen LogP contribution in [0.2, 0.25) is 0 Å². The van der Waals surface area contributed by atoms with Crippen molar-refractivity contribution in [3.8, 4) is 17.2 Å². The molecule has 5 aromatic rings. The Morgan fingerprint density at radius 3 is 2.88 bits per heavy atom. The van der Waals surface area contributed by atoms with Crippen LogP contribution in [-0.2, 0) is 6.42 Å². The number of rotatable bonds is 4. The molecule has 1 aromatic carbocycles. The molecule has 0 saturated heterocycles. The molecule has 162 valence electrons. The lowest BCUT2D eigenvalue weighted by atomic mass is 10.1. The Bertz CT molecular complexity index is 1530. The molecule has 6 rings (SSSR count). The van der Waals surface area contributed by atoms with Crippen molar-refractivity contribution >= 4 is 22.9 Å². The van der Waals surface area contributed by atoms with E-state index in [-0.39, 0.29) is 0 Å². The van der Waals surface area contributed by atoms with E-state index in [4.69, 9.17) is 4.98 Å². The molecule has 0 radical (unpaired) electrons. The number of anilines is 2. The van der Waals surface area contributed by atoms with Gasteiger partial charge in [-0.1, -0.05) is 11.2 Å². The number of benzene rings is 1. The lowest BCUT2D eigenvalue weighted by molar-refractivity contribution is 0.318. The molecule has 0 spiro atoms. The fraction of sp³-hybridized carbons (Fsp3) is 0.120. The summed E-state index contributed by atoms with van der Waals surface area (Å²) in [5.74, 6) is 1.68. The van der Waals surface area contributed by atoms with Crippen molar-refractivity contribution in [1.29, 1.82) is 0 Å². The summed E-state index contributed by atoms with van der Waals surface area (Å²) in [6.07, 6.45) is 10.8. The highest BCUT2D eigenvalue weighted by Gasteiger charge is 2.21. The Morgan fingerprint density at radius 1 is 1.06 bits per heavy atom. The maximum absolute atomic E-state index is 9.23. The first-order valence-electron chi connectivity index (χ1n) is 10.8. The Kier molecular flexibility index (Phi) is 4.43. The van der Waals surface area contributed by atoms with E-state index in [1.807, 2.05) is 57.9 Å². The predicted octanol–water partition coefficient (Wildman–Crippen LogP) is 4.76. The van der Waals surface area contributed by atoms with Crippen molar-refractivity contribution in [2.24, 2.45) is 5.16 Å². The largest absolute Gasteiger partial charge is 0.411 e. The van der Waals surface area contributed by atoms with E-state index in [0.29, 0.717) is 0 Å². The quantitative estimate of drug-likeness (QED) is 0.314. The Hall–Kier alpha value is -4.46. The first-order valence-corrected chi connectivity index (χ1v) is 10.8. The van der Waals surface area contributed by atoms with Gasteiger partial charge in [0.15, 0.2) is 5.65 Å².